The number of rotatable bonds is 2. The quantitative estimate of drug-likeness (QED) is 0.905. The van der Waals surface area contributed by atoms with Crippen LogP contribution in [-0.4, -0.2) is 15.8 Å². The number of carbonyl (C=O) groups excluding carboxylic acids is 1. The molecule has 2 aromatic heterocycles. The fraction of sp³-hybridized carbons (Fsp3) is 0.471. The maximum atomic E-state index is 12.1. The van der Waals surface area contributed by atoms with E-state index in [0.717, 1.165) is 9.88 Å². The van der Waals surface area contributed by atoms with Crippen LogP contribution in [0.1, 0.15) is 51.4 Å². The Bertz CT molecular complexity index is 887. The monoisotopic (exact) mass is 350 g/mol. The van der Waals surface area contributed by atoms with E-state index in [2.05, 4.69) is 30.7 Å². The third kappa shape index (κ3) is 4.48. The van der Waals surface area contributed by atoms with Gasteiger partial charge in [0.2, 0.25) is 0 Å². The molecule has 0 fully saturated rings. The molecule has 0 aliphatic carbocycles. The number of H-pyrrole nitrogens is 1. The van der Waals surface area contributed by atoms with Gasteiger partial charge in [0.1, 0.15) is 0 Å². The number of carbonyl (C=O) groups is 1. The smallest absolute Gasteiger partial charge is 0.266 e. The fourth-order valence-electron chi connectivity index (χ4n) is 1.69. The maximum absolute atomic E-state index is 12.1. The van der Waals surface area contributed by atoms with Crippen LogP contribution in [0.4, 0.5) is 0 Å². The van der Waals surface area contributed by atoms with Gasteiger partial charge in [-0.1, -0.05) is 41.5 Å². The molecular weight excluding hydrogens is 328 g/mol. The first-order chi connectivity index (χ1) is 10.5. The number of ketones is 1. The van der Waals surface area contributed by atoms with E-state index in [1.54, 1.807) is 17.5 Å². The molecule has 0 radical (unpaired) electrons. The van der Waals surface area contributed by atoms with Gasteiger partial charge in [0.05, 0.1) is 14.2 Å². The number of nitrogens with zero attached hydrogens (tertiary/aromatic N) is 1. The van der Waals surface area contributed by atoms with Crippen LogP contribution in [0, 0.1) is 5.41 Å². The van der Waals surface area contributed by atoms with Crippen LogP contribution in [-0.2, 0) is 10.2 Å². The molecule has 0 spiro atoms. The number of hydrogen-bond acceptors (Lipinski definition) is 5. The Kier molecular flexibility index (Phi) is 4.78. The number of Topliss-reactive ketones (excluding diaryl/α,β-unsaturated/α-hetero) is 1. The van der Waals surface area contributed by atoms with E-state index in [1.165, 1.54) is 17.4 Å². The molecule has 4 nitrogen and oxygen atoms in total. The molecule has 23 heavy (non-hydrogen) atoms. The molecule has 2 heterocycles. The number of nitrogens with one attached hydrogen (secondary N) is 1. The van der Waals surface area contributed by atoms with E-state index in [1.807, 2.05) is 26.8 Å². The molecular formula is C17H22N2O2S2. The van der Waals surface area contributed by atoms with Gasteiger partial charge >= 0.3 is 0 Å². The van der Waals surface area contributed by atoms with Gasteiger partial charge in [-0.3, -0.25) is 9.59 Å². The molecule has 0 unspecified atom stereocenters. The fourth-order valence-corrected chi connectivity index (χ4v) is 3.56. The number of thiazole rings is 2. The van der Waals surface area contributed by atoms with Crippen molar-refractivity contribution in [1.29, 1.82) is 0 Å². The van der Waals surface area contributed by atoms with Crippen molar-refractivity contribution in [2.75, 3.05) is 0 Å². The summed E-state index contributed by atoms with van der Waals surface area (Å²) in [6.45, 7) is 11.9. The summed E-state index contributed by atoms with van der Waals surface area (Å²) < 4.78 is 1.17. The summed E-state index contributed by atoms with van der Waals surface area (Å²) in [6, 6.07) is 0. The highest BCUT2D eigenvalue weighted by Crippen LogP contribution is 2.26. The molecule has 0 saturated carbocycles. The van der Waals surface area contributed by atoms with Gasteiger partial charge in [0.15, 0.2) is 5.78 Å². The molecule has 0 aliphatic rings. The molecule has 0 bridgehead atoms. The largest absolute Gasteiger partial charge is 0.313 e. The Hall–Kier alpha value is -1.53. The predicted octanol–water partition coefficient (Wildman–Crippen LogP) is 2.41. The van der Waals surface area contributed by atoms with Crippen molar-refractivity contribution in [3.63, 3.8) is 0 Å². The summed E-state index contributed by atoms with van der Waals surface area (Å²) in [6.07, 6.45) is 5.13. The molecule has 2 rings (SSSR count). The first-order valence-electron chi connectivity index (χ1n) is 7.40. The highest BCUT2D eigenvalue weighted by atomic mass is 32.1. The molecule has 2 aromatic rings. The lowest BCUT2D eigenvalue weighted by Crippen LogP contribution is -2.22. The van der Waals surface area contributed by atoms with E-state index in [0.29, 0.717) is 9.20 Å². The molecule has 0 amide bonds. The van der Waals surface area contributed by atoms with Crippen LogP contribution >= 0.6 is 22.7 Å². The average Bonchev–Trinajstić information content (AvgIpc) is 2.96. The normalized spacial score (nSPS) is 14.5. The van der Waals surface area contributed by atoms with Crippen molar-refractivity contribution in [3.05, 3.63) is 35.6 Å². The van der Waals surface area contributed by atoms with Gasteiger partial charge < -0.3 is 4.98 Å². The van der Waals surface area contributed by atoms with Gasteiger partial charge in [0, 0.05) is 28.0 Å². The second-order valence-corrected chi connectivity index (χ2v) is 9.65. The number of hydrogen-bond donors (Lipinski definition) is 1. The SMILES string of the molecule is CC(C)(C)C(=O)/C=c1\[nH]c(=O)/c(=C\c2cnc(C(C)(C)C)s2)s1. The van der Waals surface area contributed by atoms with E-state index < -0.39 is 5.41 Å². The Morgan fingerprint density at radius 1 is 1.17 bits per heavy atom. The highest BCUT2D eigenvalue weighted by Gasteiger charge is 2.19. The van der Waals surface area contributed by atoms with Gasteiger partial charge in [0.25, 0.3) is 5.56 Å². The third-order valence-corrected chi connectivity index (χ3v) is 5.45. The van der Waals surface area contributed by atoms with Crippen molar-refractivity contribution in [1.82, 2.24) is 9.97 Å². The van der Waals surface area contributed by atoms with Crippen LogP contribution in [0.3, 0.4) is 0 Å². The number of aromatic amines is 1. The first-order valence-corrected chi connectivity index (χ1v) is 9.03. The van der Waals surface area contributed by atoms with Crippen molar-refractivity contribution in [2.45, 2.75) is 47.0 Å². The van der Waals surface area contributed by atoms with E-state index in [-0.39, 0.29) is 16.8 Å². The molecule has 0 atom stereocenters. The van der Waals surface area contributed by atoms with E-state index in [4.69, 9.17) is 0 Å². The minimum Gasteiger partial charge on any atom is -0.313 e. The topological polar surface area (TPSA) is 62.8 Å². The third-order valence-electron chi connectivity index (χ3n) is 3.12. The lowest BCUT2D eigenvalue weighted by molar-refractivity contribution is -0.119. The standard InChI is InChI=1S/C17H22N2O2S2/c1-16(2,3)12(20)8-13-19-14(21)11(23-13)7-10-9-18-15(22-10)17(4,5)6/h7-9H,1-6H3,(H,19,21)/b11-7+,13-8+. The van der Waals surface area contributed by atoms with E-state index >= 15 is 0 Å². The van der Waals surface area contributed by atoms with Crippen LogP contribution in [0.15, 0.2) is 11.0 Å². The zero-order valence-electron chi connectivity index (χ0n) is 14.3. The summed E-state index contributed by atoms with van der Waals surface area (Å²) in [5, 5.41) is 1.03. The van der Waals surface area contributed by atoms with E-state index in [9.17, 15) is 9.59 Å². The summed E-state index contributed by atoms with van der Waals surface area (Å²) in [5.41, 5.74) is -0.630. The van der Waals surface area contributed by atoms with Gasteiger partial charge in [-0.15, -0.1) is 22.7 Å². The van der Waals surface area contributed by atoms with Crippen molar-refractivity contribution < 1.29 is 4.79 Å². The van der Waals surface area contributed by atoms with Crippen LogP contribution in [0.25, 0.3) is 12.2 Å². The average molecular weight is 351 g/mol. The van der Waals surface area contributed by atoms with Crippen molar-refractivity contribution in [2.24, 2.45) is 5.41 Å². The molecule has 124 valence electrons. The highest BCUT2D eigenvalue weighted by molar-refractivity contribution is 7.13. The zero-order valence-corrected chi connectivity index (χ0v) is 15.9. The Morgan fingerprint density at radius 2 is 1.83 bits per heavy atom. The molecule has 6 heteroatoms. The minimum absolute atomic E-state index is 0.00328. The molecule has 0 saturated heterocycles. The molecule has 0 aliphatic heterocycles. The lowest BCUT2D eigenvalue weighted by Gasteiger charge is -2.13. The Balaban J connectivity index is 2.43. The molecule has 1 N–H and O–H groups in total. The van der Waals surface area contributed by atoms with Gasteiger partial charge in [-0.2, -0.15) is 0 Å². The predicted molar refractivity (Wildman–Crippen MR) is 97.5 cm³/mol. The molecule has 0 aromatic carbocycles. The second-order valence-electron chi connectivity index (χ2n) is 7.51. The van der Waals surface area contributed by atoms with Gasteiger partial charge in [-0.05, 0) is 6.08 Å². The van der Waals surface area contributed by atoms with Gasteiger partial charge in [-0.25, -0.2) is 4.98 Å². The van der Waals surface area contributed by atoms with Crippen LogP contribution in [0.2, 0.25) is 0 Å². The number of aromatic nitrogens is 2. The van der Waals surface area contributed by atoms with Crippen LogP contribution < -0.4 is 14.8 Å². The summed E-state index contributed by atoms with van der Waals surface area (Å²) in [7, 11) is 0. The van der Waals surface area contributed by atoms with Crippen molar-refractivity contribution >= 4 is 40.6 Å². The first kappa shape index (κ1) is 17.8. The summed E-state index contributed by atoms with van der Waals surface area (Å²) in [4.78, 5) is 32.2. The van der Waals surface area contributed by atoms with Crippen LogP contribution in [0.5, 0.6) is 0 Å². The minimum atomic E-state index is -0.454. The Labute approximate surface area is 143 Å². The summed E-state index contributed by atoms with van der Waals surface area (Å²) >= 11 is 2.88. The zero-order chi connectivity index (χ0) is 17.4. The van der Waals surface area contributed by atoms with Crippen molar-refractivity contribution in [3.8, 4) is 0 Å². The maximum Gasteiger partial charge on any atom is 0.266 e. The second kappa shape index (κ2) is 6.17. The summed E-state index contributed by atoms with van der Waals surface area (Å²) in [5.74, 6) is -0.00522. The lowest BCUT2D eigenvalue weighted by atomic mass is 9.91. The Morgan fingerprint density at radius 3 is 2.35 bits per heavy atom.